The molecule has 1 unspecified atom stereocenters. The molecule has 34 heavy (non-hydrogen) atoms. The number of hydrogen-bond donors (Lipinski definition) is 1. The largest absolute Gasteiger partial charge is 0.449 e. The van der Waals surface area contributed by atoms with Crippen LogP contribution in [0.5, 0.6) is 0 Å². The van der Waals surface area contributed by atoms with Crippen LogP contribution in [-0.4, -0.2) is 69.2 Å². The van der Waals surface area contributed by atoms with Crippen LogP contribution >= 0.6 is 0 Å². The lowest BCUT2D eigenvalue weighted by Gasteiger charge is -2.34. The molecule has 1 atom stereocenters. The Kier molecular flexibility index (Phi) is 8.48. The highest BCUT2D eigenvalue weighted by molar-refractivity contribution is 7.90. The average Bonchev–Trinajstić information content (AvgIpc) is 3.19. The fourth-order valence-corrected chi connectivity index (χ4v) is 5.76. The Morgan fingerprint density at radius 2 is 1.97 bits per heavy atom. The van der Waals surface area contributed by atoms with Crippen molar-refractivity contribution in [2.45, 2.75) is 51.4 Å². The molecular weight excluding hydrogens is 471 g/mol. The van der Waals surface area contributed by atoms with Crippen molar-refractivity contribution in [3.05, 3.63) is 24.0 Å². The third-order valence-corrected chi connectivity index (χ3v) is 8.55. The Hall–Kier alpha value is -1.89. The summed E-state index contributed by atoms with van der Waals surface area (Å²) in [5.41, 5.74) is 0.711. The summed E-state index contributed by atoms with van der Waals surface area (Å²) in [6.07, 6.45) is -1.90. The molecule has 0 radical (unpaired) electrons. The van der Waals surface area contributed by atoms with Crippen molar-refractivity contribution in [3.8, 4) is 0 Å². The Labute approximate surface area is 199 Å². The van der Waals surface area contributed by atoms with Crippen LogP contribution in [0, 0.1) is 5.92 Å². The molecule has 1 aromatic heterocycles. The number of benzene rings is 1. The van der Waals surface area contributed by atoms with Gasteiger partial charge in [-0.3, -0.25) is 4.31 Å². The summed E-state index contributed by atoms with van der Waals surface area (Å²) in [6.45, 7) is 3.31. The van der Waals surface area contributed by atoms with Crippen LogP contribution in [0.2, 0.25) is 0 Å². The predicted molar refractivity (Wildman–Crippen MR) is 126 cm³/mol. The molecule has 0 spiro atoms. The number of anilines is 1. The fourth-order valence-electron chi connectivity index (χ4n) is 4.36. The van der Waals surface area contributed by atoms with Crippen LogP contribution in [0.1, 0.15) is 38.4 Å². The first-order valence-corrected chi connectivity index (χ1v) is 12.9. The summed E-state index contributed by atoms with van der Waals surface area (Å²) in [4.78, 5) is 3.87. The number of halogens is 3. The topological polar surface area (TPSA) is 79.7 Å². The van der Waals surface area contributed by atoms with E-state index in [0.717, 1.165) is 4.31 Å². The molecular formula is C22H34F3N5O3S. The zero-order valence-corrected chi connectivity index (χ0v) is 20.9. The highest BCUT2D eigenvalue weighted by Gasteiger charge is 2.38. The van der Waals surface area contributed by atoms with Gasteiger partial charge in [0, 0.05) is 46.4 Å². The fraction of sp³-hybridized carbons (Fsp3) is 0.682. The number of rotatable bonds is 10. The molecule has 0 saturated carbocycles. The van der Waals surface area contributed by atoms with E-state index in [1.807, 2.05) is 14.0 Å². The van der Waals surface area contributed by atoms with Gasteiger partial charge < -0.3 is 14.6 Å². The van der Waals surface area contributed by atoms with Gasteiger partial charge in [0.25, 0.3) is 0 Å². The molecule has 0 aliphatic carbocycles. The summed E-state index contributed by atoms with van der Waals surface area (Å²) in [7, 11) is 1.02. The van der Waals surface area contributed by atoms with Gasteiger partial charge in [0.15, 0.2) is 0 Å². The van der Waals surface area contributed by atoms with Gasteiger partial charge >= 0.3 is 16.4 Å². The zero-order valence-electron chi connectivity index (χ0n) is 20.1. The smallest absolute Gasteiger partial charge is 0.385 e. The number of aromatic nitrogens is 2. The lowest BCUT2D eigenvalue weighted by molar-refractivity contribution is -0.147. The van der Waals surface area contributed by atoms with E-state index in [1.165, 1.54) is 34.1 Å². The van der Waals surface area contributed by atoms with E-state index in [4.69, 9.17) is 4.74 Å². The van der Waals surface area contributed by atoms with Crippen molar-refractivity contribution in [1.82, 2.24) is 19.2 Å². The lowest BCUT2D eigenvalue weighted by Crippen LogP contribution is -2.48. The monoisotopic (exact) mass is 505 g/mol. The second kappa shape index (κ2) is 10.8. The summed E-state index contributed by atoms with van der Waals surface area (Å²) in [5, 5.41) is 3.16. The number of fused-ring (bicyclic) bond motifs is 1. The molecule has 1 aliphatic rings. The van der Waals surface area contributed by atoms with Crippen LogP contribution in [0.4, 0.5) is 18.9 Å². The first-order chi connectivity index (χ1) is 16.0. The molecule has 1 N–H and O–H groups in total. The molecule has 1 saturated heterocycles. The van der Waals surface area contributed by atoms with E-state index in [-0.39, 0.29) is 29.7 Å². The second-order valence-electron chi connectivity index (χ2n) is 8.71. The Morgan fingerprint density at radius 1 is 1.29 bits per heavy atom. The van der Waals surface area contributed by atoms with E-state index < -0.39 is 22.2 Å². The molecule has 2 aromatic rings. The van der Waals surface area contributed by atoms with Gasteiger partial charge in [-0.2, -0.15) is 25.9 Å². The number of piperidine rings is 1. The number of imidazole rings is 1. The standard InChI is InChI=1S/C22H34F3N5O3S/c1-5-16(10-13-33-4)15-30-20-7-6-18(14-19(20)27-21(30)22(23,24)25)28(3)34(31,32)29-11-8-17(26-2)9-12-29/h6-7,14,16-17,26H,5,8-13,15H2,1-4H3. The van der Waals surface area contributed by atoms with E-state index >= 15 is 0 Å². The average molecular weight is 506 g/mol. The summed E-state index contributed by atoms with van der Waals surface area (Å²) < 4.78 is 76.6. The van der Waals surface area contributed by atoms with Gasteiger partial charge in [-0.05, 0) is 50.4 Å². The number of hydrogen-bond acceptors (Lipinski definition) is 5. The van der Waals surface area contributed by atoms with Gasteiger partial charge in [0.2, 0.25) is 5.82 Å². The Morgan fingerprint density at radius 3 is 2.53 bits per heavy atom. The van der Waals surface area contributed by atoms with Gasteiger partial charge in [0.05, 0.1) is 16.7 Å². The van der Waals surface area contributed by atoms with Crippen molar-refractivity contribution in [2.24, 2.45) is 5.92 Å². The SMILES string of the molecule is CCC(CCOC)Cn1c(C(F)(F)F)nc2cc(N(C)S(=O)(=O)N3CCC(NC)CC3)ccc21. The first-order valence-electron chi connectivity index (χ1n) is 11.5. The maximum atomic E-state index is 13.8. The minimum absolute atomic E-state index is 0.0123. The van der Waals surface area contributed by atoms with E-state index in [2.05, 4.69) is 10.3 Å². The number of methoxy groups -OCH3 is 1. The maximum absolute atomic E-state index is 13.8. The van der Waals surface area contributed by atoms with E-state index in [9.17, 15) is 21.6 Å². The molecule has 1 aromatic carbocycles. The van der Waals surface area contributed by atoms with E-state index in [1.54, 1.807) is 7.11 Å². The minimum Gasteiger partial charge on any atom is -0.385 e. The Bertz CT molecular complexity index is 1070. The minimum atomic E-state index is -4.63. The van der Waals surface area contributed by atoms with Gasteiger partial charge in [-0.25, -0.2) is 4.98 Å². The van der Waals surface area contributed by atoms with Crippen molar-refractivity contribution in [3.63, 3.8) is 0 Å². The van der Waals surface area contributed by atoms with Crippen LogP contribution in [0.3, 0.4) is 0 Å². The third kappa shape index (κ3) is 5.67. The zero-order chi connectivity index (χ0) is 25.1. The number of nitrogens with one attached hydrogen (secondary N) is 1. The molecule has 1 aliphatic heterocycles. The second-order valence-corrected chi connectivity index (χ2v) is 10.7. The predicted octanol–water partition coefficient (Wildman–Crippen LogP) is 3.48. The van der Waals surface area contributed by atoms with Crippen molar-refractivity contribution in [2.75, 3.05) is 45.2 Å². The normalized spacial score (nSPS) is 17.4. The first kappa shape index (κ1) is 26.7. The molecule has 0 amide bonds. The lowest BCUT2D eigenvalue weighted by atomic mass is 10.0. The van der Waals surface area contributed by atoms with Crippen LogP contribution in [-0.2, 0) is 27.7 Å². The summed E-state index contributed by atoms with van der Waals surface area (Å²) >= 11 is 0. The van der Waals surface area contributed by atoms with Gasteiger partial charge in [-0.15, -0.1) is 0 Å². The maximum Gasteiger partial charge on any atom is 0.449 e. The van der Waals surface area contributed by atoms with Crippen molar-refractivity contribution < 1.29 is 26.3 Å². The summed E-state index contributed by atoms with van der Waals surface area (Å²) in [5.74, 6) is -0.989. The molecule has 8 nitrogen and oxygen atoms in total. The molecule has 2 heterocycles. The van der Waals surface area contributed by atoms with Crippen LogP contribution in [0.15, 0.2) is 18.2 Å². The summed E-state index contributed by atoms with van der Waals surface area (Å²) in [6, 6.07) is 4.74. The highest BCUT2D eigenvalue weighted by Crippen LogP contribution is 2.34. The van der Waals surface area contributed by atoms with E-state index in [0.29, 0.717) is 50.9 Å². The molecule has 0 bridgehead atoms. The molecule has 1 fully saturated rings. The Balaban J connectivity index is 1.93. The number of ether oxygens (including phenoxy) is 1. The number of alkyl halides is 3. The van der Waals surface area contributed by atoms with Crippen LogP contribution in [0.25, 0.3) is 11.0 Å². The molecule has 12 heteroatoms. The number of nitrogens with zero attached hydrogens (tertiary/aromatic N) is 4. The molecule has 3 rings (SSSR count). The quantitative estimate of drug-likeness (QED) is 0.535. The van der Waals surface area contributed by atoms with Gasteiger partial charge in [-0.1, -0.05) is 13.3 Å². The van der Waals surface area contributed by atoms with Crippen molar-refractivity contribution in [1.29, 1.82) is 0 Å². The van der Waals surface area contributed by atoms with Crippen molar-refractivity contribution >= 4 is 26.9 Å². The molecule has 192 valence electrons. The highest BCUT2D eigenvalue weighted by atomic mass is 32.2. The van der Waals surface area contributed by atoms with Gasteiger partial charge in [0.1, 0.15) is 0 Å². The van der Waals surface area contributed by atoms with Crippen LogP contribution < -0.4 is 9.62 Å². The third-order valence-electron chi connectivity index (χ3n) is 6.63.